The van der Waals surface area contributed by atoms with Crippen molar-refractivity contribution in [3.8, 4) is 0 Å². The van der Waals surface area contributed by atoms with Gasteiger partial charge in [0.15, 0.2) is 5.03 Å². The van der Waals surface area contributed by atoms with Crippen molar-refractivity contribution in [2.75, 3.05) is 24.7 Å². The Kier molecular flexibility index (Phi) is 4.53. The average Bonchev–Trinajstić information content (AvgIpc) is 2.56. The largest absolute Gasteiger partial charge is 0.377 e. The van der Waals surface area contributed by atoms with Crippen LogP contribution in [0.1, 0.15) is 12.6 Å². The van der Waals surface area contributed by atoms with Crippen LogP contribution in [0.3, 0.4) is 0 Å². The van der Waals surface area contributed by atoms with Crippen LogP contribution in [0.4, 0.5) is 5.82 Å². The second-order valence-corrected chi connectivity index (χ2v) is 7.35. The number of hydrogen-bond acceptors (Lipinski definition) is 7. The molecule has 0 unspecified atom stereocenters. The number of hydrogen-bond donors (Lipinski definition) is 0. The number of morpholine rings is 1. The van der Waals surface area contributed by atoms with E-state index in [4.69, 9.17) is 4.74 Å². The topological polar surface area (TPSA) is 85.3 Å². The number of pyridine rings is 1. The standard InChI is InChI=1S/C15H18N4O3S/c1-12-9-22-7-6-19(12)14-8-13(17-11-18-14)10-23(20,21)15-4-2-3-5-16-15/h2-5,8,11-12H,6-7,9-10H2,1H3/t12-/m0/s1. The molecule has 0 bridgehead atoms. The van der Waals surface area contributed by atoms with Gasteiger partial charge in [-0.05, 0) is 19.1 Å². The lowest BCUT2D eigenvalue weighted by molar-refractivity contribution is 0.0985. The molecule has 1 saturated heterocycles. The van der Waals surface area contributed by atoms with Crippen LogP contribution in [0.2, 0.25) is 0 Å². The van der Waals surface area contributed by atoms with Gasteiger partial charge >= 0.3 is 0 Å². The third-order valence-electron chi connectivity index (χ3n) is 3.67. The monoisotopic (exact) mass is 334 g/mol. The van der Waals surface area contributed by atoms with Crippen LogP contribution in [0, 0.1) is 0 Å². The summed E-state index contributed by atoms with van der Waals surface area (Å²) in [6.07, 6.45) is 2.87. The van der Waals surface area contributed by atoms with Gasteiger partial charge in [-0.2, -0.15) is 0 Å². The Morgan fingerprint density at radius 2 is 2.17 bits per heavy atom. The van der Waals surface area contributed by atoms with Crippen molar-refractivity contribution in [1.29, 1.82) is 0 Å². The van der Waals surface area contributed by atoms with Crippen molar-refractivity contribution >= 4 is 15.7 Å². The Hall–Kier alpha value is -2.06. The van der Waals surface area contributed by atoms with Gasteiger partial charge in [0.1, 0.15) is 12.1 Å². The van der Waals surface area contributed by atoms with Gasteiger partial charge in [0, 0.05) is 18.8 Å². The molecule has 2 aromatic rings. The molecular formula is C15H18N4O3S. The second kappa shape index (κ2) is 6.59. The van der Waals surface area contributed by atoms with E-state index < -0.39 is 9.84 Å². The summed E-state index contributed by atoms with van der Waals surface area (Å²) in [5, 5.41) is 0.0555. The minimum Gasteiger partial charge on any atom is -0.377 e. The summed E-state index contributed by atoms with van der Waals surface area (Å²) < 4.78 is 30.2. The predicted molar refractivity (Wildman–Crippen MR) is 84.8 cm³/mol. The van der Waals surface area contributed by atoms with Crippen molar-refractivity contribution in [2.45, 2.75) is 23.7 Å². The fraction of sp³-hybridized carbons (Fsp3) is 0.400. The highest BCUT2D eigenvalue weighted by Crippen LogP contribution is 2.19. The molecule has 2 aromatic heterocycles. The van der Waals surface area contributed by atoms with Crippen molar-refractivity contribution in [3.05, 3.63) is 42.5 Å². The SMILES string of the molecule is C[C@H]1COCCN1c1cc(CS(=O)(=O)c2ccccn2)ncn1. The van der Waals surface area contributed by atoms with Gasteiger partial charge in [0.05, 0.1) is 30.7 Å². The highest BCUT2D eigenvalue weighted by atomic mass is 32.2. The lowest BCUT2D eigenvalue weighted by atomic mass is 10.2. The molecule has 3 heterocycles. The lowest BCUT2D eigenvalue weighted by Gasteiger charge is -2.34. The first kappa shape index (κ1) is 15.8. The Balaban J connectivity index is 1.83. The Bertz CT molecular complexity index is 767. The third kappa shape index (κ3) is 3.65. The third-order valence-corrected chi connectivity index (χ3v) is 5.22. The maximum atomic E-state index is 12.4. The number of ether oxygens (including phenoxy) is 1. The van der Waals surface area contributed by atoms with Crippen LogP contribution in [0.5, 0.6) is 0 Å². The van der Waals surface area contributed by atoms with Gasteiger partial charge in [-0.25, -0.2) is 23.4 Å². The average molecular weight is 334 g/mol. The predicted octanol–water partition coefficient (Wildman–Crippen LogP) is 1.07. The molecule has 0 radical (unpaired) electrons. The molecule has 23 heavy (non-hydrogen) atoms. The molecule has 122 valence electrons. The van der Waals surface area contributed by atoms with E-state index in [9.17, 15) is 8.42 Å². The Morgan fingerprint density at radius 3 is 2.91 bits per heavy atom. The summed E-state index contributed by atoms with van der Waals surface area (Å²) in [7, 11) is -3.52. The number of aromatic nitrogens is 3. The smallest absolute Gasteiger partial charge is 0.201 e. The van der Waals surface area contributed by atoms with Crippen LogP contribution < -0.4 is 4.90 Å². The summed E-state index contributed by atoms with van der Waals surface area (Å²) in [5.74, 6) is 0.528. The fourth-order valence-corrected chi connectivity index (χ4v) is 3.69. The molecule has 0 spiro atoms. The molecule has 0 aliphatic carbocycles. The van der Waals surface area contributed by atoms with Gasteiger partial charge in [-0.1, -0.05) is 6.07 Å². The zero-order valence-corrected chi connectivity index (χ0v) is 13.6. The number of sulfone groups is 1. The molecule has 1 aliphatic rings. The number of anilines is 1. The van der Waals surface area contributed by atoms with Crippen LogP contribution in [0.15, 0.2) is 41.8 Å². The molecular weight excluding hydrogens is 316 g/mol. The number of rotatable bonds is 4. The van der Waals surface area contributed by atoms with Crippen LogP contribution >= 0.6 is 0 Å². The summed E-state index contributed by atoms with van der Waals surface area (Å²) in [6.45, 7) is 4.04. The molecule has 0 amide bonds. The van der Waals surface area contributed by atoms with Crippen LogP contribution in [-0.4, -0.2) is 49.2 Å². The van der Waals surface area contributed by atoms with E-state index in [1.807, 2.05) is 6.92 Å². The van der Waals surface area contributed by atoms with E-state index in [1.54, 1.807) is 18.2 Å². The second-order valence-electron chi connectivity index (χ2n) is 5.41. The van der Waals surface area contributed by atoms with Crippen LogP contribution in [0.25, 0.3) is 0 Å². The first-order chi connectivity index (χ1) is 11.1. The molecule has 0 N–H and O–H groups in total. The van der Waals surface area contributed by atoms with Gasteiger partial charge in [0.2, 0.25) is 9.84 Å². The minimum atomic E-state index is -3.52. The van der Waals surface area contributed by atoms with E-state index in [0.29, 0.717) is 18.9 Å². The summed E-state index contributed by atoms with van der Waals surface area (Å²) in [6, 6.07) is 6.74. The Morgan fingerprint density at radius 1 is 1.30 bits per heavy atom. The molecule has 1 atom stereocenters. The zero-order valence-electron chi connectivity index (χ0n) is 12.8. The van der Waals surface area contributed by atoms with E-state index in [0.717, 1.165) is 12.4 Å². The summed E-state index contributed by atoms with van der Waals surface area (Å²) >= 11 is 0. The molecule has 7 nitrogen and oxygen atoms in total. The van der Waals surface area contributed by atoms with Crippen molar-refractivity contribution in [2.24, 2.45) is 0 Å². The van der Waals surface area contributed by atoms with Crippen molar-refractivity contribution < 1.29 is 13.2 Å². The normalized spacial score (nSPS) is 18.8. The lowest BCUT2D eigenvalue weighted by Crippen LogP contribution is -2.44. The summed E-state index contributed by atoms with van der Waals surface area (Å²) in [4.78, 5) is 14.4. The zero-order chi connectivity index (χ0) is 16.3. The highest BCUT2D eigenvalue weighted by molar-refractivity contribution is 7.90. The maximum Gasteiger partial charge on any atom is 0.201 e. The van der Waals surface area contributed by atoms with Crippen LogP contribution in [-0.2, 0) is 20.3 Å². The van der Waals surface area contributed by atoms with Crippen molar-refractivity contribution in [3.63, 3.8) is 0 Å². The molecule has 1 aliphatic heterocycles. The summed E-state index contributed by atoms with van der Waals surface area (Å²) in [5.41, 5.74) is 0.458. The van der Waals surface area contributed by atoms with Crippen molar-refractivity contribution in [1.82, 2.24) is 15.0 Å². The quantitative estimate of drug-likeness (QED) is 0.827. The maximum absolute atomic E-state index is 12.4. The van der Waals surface area contributed by atoms with E-state index in [2.05, 4.69) is 19.9 Å². The highest BCUT2D eigenvalue weighted by Gasteiger charge is 2.22. The van der Waals surface area contributed by atoms with E-state index in [1.165, 1.54) is 18.6 Å². The fourth-order valence-electron chi connectivity index (χ4n) is 2.49. The number of nitrogens with zero attached hydrogens (tertiary/aromatic N) is 4. The molecule has 0 saturated carbocycles. The molecule has 3 rings (SSSR count). The minimum absolute atomic E-state index is 0.0555. The molecule has 8 heteroatoms. The van der Waals surface area contributed by atoms with Gasteiger partial charge in [0.25, 0.3) is 0 Å². The molecule has 0 aromatic carbocycles. The first-order valence-electron chi connectivity index (χ1n) is 7.35. The van der Waals surface area contributed by atoms with Gasteiger partial charge in [-0.3, -0.25) is 0 Å². The van der Waals surface area contributed by atoms with E-state index >= 15 is 0 Å². The van der Waals surface area contributed by atoms with Gasteiger partial charge in [-0.15, -0.1) is 0 Å². The Labute approximate surface area is 135 Å². The molecule has 1 fully saturated rings. The van der Waals surface area contributed by atoms with Gasteiger partial charge < -0.3 is 9.64 Å². The van der Waals surface area contributed by atoms with E-state index in [-0.39, 0.29) is 16.8 Å². The first-order valence-corrected chi connectivity index (χ1v) is 9.00.